The van der Waals surface area contributed by atoms with Gasteiger partial charge in [0, 0.05) is 0 Å². The van der Waals surface area contributed by atoms with E-state index in [0.29, 0.717) is 0 Å². The van der Waals surface area contributed by atoms with E-state index in [1.165, 1.54) is 0 Å². The zero-order valence-corrected chi connectivity index (χ0v) is 6.63. The Morgan fingerprint density at radius 1 is 1.50 bits per heavy atom. The maximum atomic E-state index is 10.00. The van der Waals surface area contributed by atoms with E-state index < -0.39 is 16.6 Å². The summed E-state index contributed by atoms with van der Waals surface area (Å²) in [5, 5.41) is 0. The van der Waals surface area contributed by atoms with Crippen LogP contribution in [0.15, 0.2) is 0 Å². The zero-order valence-electron chi connectivity index (χ0n) is 5.81. The fourth-order valence-electron chi connectivity index (χ4n) is 0.252. The number of hydrogen-bond donors (Lipinski definition) is 2. The molecular formula is C4H11NO4S. The average molecular weight is 169 g/mol. The van der Waals surface area contributed by atoms with Crippen LogP contribution in [0, 0.1) is 5.92 Å². The summed E-state index contributed by atoms with van der Waals surface area (Å²) >= 11 is 0. The number of hydrogen-bond acceptors (Lipinski definition) is 4. The highest BCUT2D eigenvalue weighted by molar-refractivity contribution is 7.80. The maximum absolute atomic E-state index is 10.00. The van der Waals surface area contributed by atoms with Gasteiger partial charge in [-0.2, -0.15) is 8.42 Å². The van der Waals surface area contributed by atoms with Crippen molar-refractivity contribution in [2.24, 2.45) is 11.7 Å². The second-order valence-electron chi connectivity index (χ2n) is 2.23. The van der Waals surface area contributed by atoms with E-state index in [-0.39, 0.29) is 5.92 Å². The average Bonchev–Trinajstić information content (AvgIpc) is 1.60. The van der Waals surface area contributed by atoms with Gasteiger partial charge >= 0.3 is 10.4 Å². The molecule has 6 heteroatoms. The molecule has 0 aromatic heterocycles. The molecule has 0 heterocycles. The summed E-state index contributed by atoms with van der Waals surface area (Å²) in [6.07, 6.45) is -0.977. The molecule has 0 bridgehead atoms. The van der Waals surface area contributed by atoms with E-state index in [4.69, 9.17) is 10.3 Å². The molecule has 0 rings (SSSR count). The van der Waals surface area contributed by atoms with Gasteiger partial charge in [-0.05, 0) is 5.92 Å². The van der Waals surface area contributed by atoms with Gasteiger partial charge in [0.05, 0.1) is 0 Å². The monoisotopic (exact) mass is 169 g/mol. The largest absolute Gasteiger partial charge is 0.398 e. The molecule has 0 aliphatic rings. The molecule has 0 spiro atoms. The minimum atomic E-state index is -4.39. The second kappa shape index (κ2) is 3.29. The Bertz CT molecular complexity index is 185. The molecule has 1 atom stereocenters. The summed E-state index contributed by atoms with van der Waals surface area (Å²) in [6, 6.07) is 0. The molecule has 0 amide bonds. The Balaban J connectivity index is 3.93. The summed E-state index contributed by atoms with van der Waals surface area (Å²) in [5.74, 6) is -0.151. The van der Waals surface area contributed by atoms with Gasteiger partial charge in [0.2, 0.25) is 0 Å². The second-order valence-corrected chi connectivity index (χ2v) is 3.28. The van der Waals surface area contributed by atoms with E-state index in [2.05, 4.69) is 4.18 Å². The standard InChI is InChI=1S/C4H11NO4S/c1-3(2)4(5)9-10(6,7)8/h3-4H,5H2,1-2H3,(H,6,7,8). The smallest absolute Gasteiger partial charge is 0.305 e. The van der Waals surface area contributed by atoms with Crippen molar-refractivity contribution in [1.82, 2.24) is 0 Å². The molecule has 5 nitrogen and oxygen atoms in total. The van der Waals surface area contributed by atoms with Gasteiger partial charge in [-0.3, -0.25) is 4.55 Å². The Labute approximate surface area is 60.1 Å². The van der Waals surface area contributed by atoms with E-state index in [1.54, 1.807) is 13.8 Å². The van der Waals surface area contributed by atoms with E-state index in [9.17, 15) is 8.42 Å². The van der Waals surface area contributed by atoms with Crippen LogP contribution in [0.2, 0.25) is 0 Å². The molecule has 0 fully saturated rings. The zero-order chi connectivity index (χ0) is 8.36. The van der Waals surface area contributed by atoms with Crippen LogP contribution in [-0.4, -0.2) is 19.2 Å². The normalized spacial score (nSPS) is 15.7. The molecular weight excluding hydrogens is 158 g/mol. The first kappa shape index (κ1) is 9.83. The van der Waals surface area contributed by atoms with Gasteiger partial charge in [0.15, 0.2) is 0 Å². The molecule has 0 saturated heterocycles. The molecule has 0 aromatic carbocycles. The lowest BCUT2D eigenvalue weighted by atomic mass is 10.2. The van der Waals surface area contributed by atoms with Gasteiger partial charge in [-0.1, -0.05) is 13.8 Å². The van der Waals surface area contributed by atoms with E-state index in [0.717, 1.165) is 0 Å². The van der Waals surface area contributed by atoms with Crippen LogP contribution in [0.1, 0.15) is 13.8 Å². The number of rotatable bonds is 3. The van der Waals surface area contributed by atoms with Crippen LogP contribution < -0.4 is 5.73 Å². The van der Waals surface area contributed by atoms with Crippen molar-refractivity contribution in [3.63, 3.8) is 0 Å². The van der Waals surface area contributed by atoms with Crippen molar-refractivity contribution in [3.05, 3.63) is 0 Å². The highest BCUT2D eigenvalue weighted by atomic mass is 32.3. The quantitative estimate of drug-likeness (QED) is 0.449. The first-order valence-corrected chi connectivity index (χ1v) is 4.10. The van der Waals surface area contributed by atoms with Crippen LogP contribution in [0.4, 0.5) is 0 Å². The topological polar surface area (TPSA) is 89.6 Å². The minimum Gasteiger partial charge on any atom is -0.305 e. The van der Waals surface area contributed by atoms with Crippen molar-refractivity contribution in [2.45, 2.75) is 20.1 Å². The lowest BCUT2D eigenvalue weighted by Gasteiger charge is -2.12. The van der Waals surface area contributed by atoms with Gasteiger partial charge in [0.25, 0.3) is 0 Å². The van der Waals surface area contributed by atoms with Crippen molar-refractivity contribution in [1.29, 1.82) is 0 Å². The van der Waals surface area contributed by atoms with Gasteiger partial charge < -0.3 is 5.73 Å². The lowest BCUT2D eigenvalue weighted by molar-refractivity contribution is 0.144. The van der Waals surface area contributed by atoms with E-state index >= 15 is 0 Å². The predicted octanol–water partition coefficient (Wildman–Crippen LogP) is -0.253. The third kappa shape index (κ3) is 4.68. The summed E-state index contributed by atoms with van der Waals surface area (Å²) < 4.78 is 32.1. The molecule has 1 unspecified atom stereocenters. The molecule has 0 aliphatic heterocycles. The van der Waals surface area contributed by atoms with Crippen LogP contribution in [0.3, 0.4) is 0 Å². The van der Waals surface area contributed by atoms with Crippen LogP contribution in [0.5, 0.6) is 0 Å². The molecule has 3 N–H and O–H groups in total. The molecule has 0 aliphatic carbocycles. The first-order chi connectivity index (χ1) is 4.33. The van der Waals surface area contributed by atoms with Gasteiger partial charge in [-0.25, -0.2) is 4.18 Å². The first-order valence-electron chi connectivity index (χ1n) is 2.74. The van der Waals surface area contributed by atoms with E-state index in [1.807, 2.05) is 0 Å². The van der Waals surface area contributed by atoms with Gasteiger partial charge in [0.1, 0.15) is 6.23 Å². The van der Waals surface area contributed by atoms with Gasteiger partial charge in [-0.15, -0.1) is 0 Å². The summed E-state index contributed by atoms with van der Waals surface area (Å²) in [6.45, 7) is 3.35. The molecule has 0 aromatic rings. The van der Waals surface area contributed by atoms with Crippen molar-refractivity contribution < 1.29 is 17.2 Å². The summed E-state index contributed by atoms with van der Waals surface area (Å²) in [5.41, 5.74) is 5.14. The fourth-order valence-corrected chi connectivity index (χ4v) is 0.755. The Morgan fingerprint density at radius 3 is 2.00 bits per heavy atom. The Kier molecular flexibility index (Phi) is 3.23. The minimum absolute atomic E-state index is 0.151. The van der Waals surface area contributed by atoms with Crippen molar-refractivity contribution >= 4 is 10.4 Å². The fraction of sp³-hybridized carbons (Fsp3) is 1.00. The Hall–Kier alpha value is -0.170. The molecule has 0 radical (unpaired) electrons. The van der Waals surface area contributed by atoms with Crippen molar-refractivity contribution in [2.75, 3.05) is 0 Å². The third-order valence-electron chi connectivity index (χ3n) is 0.890. The molecule has 10 heavy (non-hydrogen) atoms. The third-order valence-corrected chi connectivity index (χ3v) is 1.36. The number of nitrogens with two attached hydrogens (primary N) is 1. The van der Waals surface area contributed by atoms with Crippen LogP contribution in [0.25, 0.3) is 0 Å². The van der Waals surface area contributed by atoms with Crippen molar-refractivity contribution in [3.8, 4) is 0 Å². The maximum Gasteiger partial charge on any atom is 0.398 e. The van der Waals surface area contributed by atoms with Crippen LogP contribution >= 0.6 is 0 Å². The highest BCUT2D eigenvalue weighted by Gasteiger charge is 2.15. The lowest BCUT2D eigenvalue weighted by Crippen LogP contribution is -2.31. The highest BCUT2D eigenvalue weighted by Crippen LogP contribution is 2.02. The van der Waals surface area contributed by atoms with Crippen LogP contribution in [-0.2, 0) is 14.6 Å². The predicted molar refractivity (Wildman–Crippen MR) is 35.4 cm³/mol. The Morgan fingerprint density at radius 2 is 1.90 bits per heavy atom. The SMILES string of the molecule is CC(C)C(N)OS(=O)(=O)O. The molecule has 62 valence electrons. The summed E-state index contributed by atoms with van der Waals surface area (Å²) in [4.78, 5) is 0. The summed E-state index contributed by atoms with van der Waals surface area (Å²) in [7, 11) is -4.39. The molecule has 0 saturated carbocycles.